The molecule has 1 aliphatic heterocycles. The summed E-state index contributed by atoms with van der Waals surface area (Å²) in [6.45, 7) is 3.49. The van der Waals surface area contributed by atoms with Crippen molar-refractivity contribution in [1.29, 1.82) is 0 Å². The smallest absolute Gasteiger partial charge is 0.310 e. The molecule has 0 aromatic heterocycles. The SMILES string of the molecule is COC(=O)C1CCN(CC(C)=O)C1. The highest BCUT2D eigenvalue weighted by molar-refractivity contribution is 5.78. The van der Waals surface area contributed by atoms with Gasteiger partial charge in [-0.2, -0.15) is 0 Å². The van der Waals surface area contributed by atoms with Crippen molar-refractivity contribution < 1.29 is 14.3 Å². The highest BCUT2D eigenvalue weighted by Crippen LogP contribution is 2.16. The number of ether oxygens (including phenoxy) is 1. The quantitative estimate of drug-likeness (QED) is 0.584. The first kappa shape index (κ1) is 10.2. The van der Waals surface area contributed by atoms with Crippen LogP contribution in [0.1, 0.15) is 13.3 Å². The summed E-state index contributed by atoms with van der Waals surface area (Å²) in [5.74, 6) is -0.0547. The predicted octanol–water partition coefficient (Wildman–Crippen LogP) is 0.0703. The van der Waals surface area contributed by atoms with Gasteiger partial charge in [0, 0.05) is 6.54 Å². The van der Waals surface area contributed by atoms with E-state index in [0.717, 1.165) is 13.0 Å². The Morgan fingerprint density at radius 1 is 1.54 bits per heavy atom. The molecule has 1 rings (SSSR count). The third-order valence-electron chi connectivity index (χ3n) is 2.25. The van der Waals surface area contributed by atoms with E-state index in [-0.39, 0.29) is 17.7 Å². The summed E-state index contributed by atoms with van der Waals surface area (Å²) in [5.41, 5.74) is 0. The molecule has 4 heteroatoms. The van der Waals surface area contributed by atoms with E-state index in [1.165, 1.54) is 7.11 Å². The van der Waals surface area contributed by atoms with Crippen LogP contribution in [0.3, 0.4) is 0 Å². The molecule has 1 heterocycles. The molecule has 0 aliphatic carbocycles. The first-order valence-corrected chi connectivity index (χ1v) is 4.43. The van der Waals surface area contributed by atoms with Gasteiger partial charge in [-0.1, -0.05) is 0 Å². The van der Waals surface area contributed by atoms with Crippen LogP contribution in [0, 0.1) is 5.92 Å². The highest BCUT2D eigenvalue weighted by atomic mass is 16.5. The number of methoxy groups -OCH3 is 1. The van der Waals surface area contributed by atoms with Gasteiger partial charge in [0.2, 0.25) is 0 Å². The average Bonchev–Trinajstić information content (AvgIpc) is 2.50. The Balaban J connectivity index is 2.36. The van der Waals surface area contributed by atoms with Gasteiger partial charge in [-0.25, -0.2) is 0 Å². The van der Waals surface area contributed by atoms with E-state index in [4.69, 9.17) is 0 Å². The number of likely N-dealkylation sites (tertiary alicyclic amines) is 1. The zero-order chi connectivity index (χ0) is 9.84. The number of carbonyl (C=O) groups excluding carboxylic acids is 2. The zero-order valence-electron chi connectivity index (χ0n) is 8.08. The van der Waals surface area contributed by atoms with Crippen LogP contribution in [0.15, 0.2) is 0 Å². The zero-order valence-corrected chi connectivity index (χ0v) is 8.08. The van der Waals surface area contributed by atoms with E-state index < -0.39 is 0 Å². The summed E-state index contributed by atoms with van der Waals surface area (Å²) in [7, 11) is 1.40. The highest BCUT2D eigenvalue weighted by Gasteiger charge is 2.29. The van der Waals surface area contributed by atoms with Gasteiger partial charge in [-0.3, -0.25) is 14.5 Å². The van der Waals surface area contributed by atoms with Crippen molar-refractivity contribution >= 4 is 11.8 Å². The fourth-order valence-electron chi connectivity index (χ4n) is 1.65. The summed E-state index contributed by atoms with van der Waals surface area (Å²) >= 11 is 0. The Labute approximate surface area is 77.8 Å². The second-order valence-corrected chi connectivity index (χ2v) is 3.45. The van der Waals surface area contributed by atoms with E-state index in [0.29, 0.717) is 13.1 Å². The molecule has 1 aliphatic rings. The van der Waals surface area contributed by atoms with Crippen molar-refractivity contribution in [2.24, 2.45) is 5.92 Å². The van der Waals surface area contributed by atoms with Crippen LogP contribution in [0.4, 0.5) is 0 Å². The van der Waals surface area contributed by atoms with E-state index in [2.05, 4.69) is 4.74 Å². The summed E-state index contributed by atoms with van der Waals surface area (Å²) in [5, 5.41) is 0. The first-order valence-electron chi connectivity index (χ1n) is 4.43. The lowest BCUT2D eigenvalue weighted by Gasteiger charge is -2.12. The Morgan fingerprint density at radius 2 is 2.23 bits per heavy atom. The van der Waals surface area contributed by atoms with Crippen molar-refractivity contribution in [1.82, 2.24) is 4.90 Å². The van der Waals surface area contributed by atoms with Crippen LogP contribution >= 0.6 is 0 Å². The van der Waals surface area contributed by atoms with Crippen molar-refractivity contribution in [2.75, 3.05) is 26.7 Å². The molecule has 1 atom stereocenters. The summed E-state index contributed by atoms with van der Waals surface area (Å²) in [6.07, 6.45) is 0.806. The van der Waals surface area contributed by atoms with Crippen LogP contribution in [0.5, 0.6) is 0 Å². The van der Waals surface area contributed by atoms with Crippen molar-refractivity contribution in [3.05, 3.63) is 0 Å². The number of carbonyl (C=O) groups is 2. The lowest BCUT2D eigenvalue weighted by Crippen LogP contribution is -2.28. The van der Waals surface area contributed by atoms with Gasteiger partial charge in [-0.05, 0) is 19.9 Å². The first-order chi connectivity index (χ1) is 6.13. The van der Waals surface area contributed by atoms with Crippen LogP contribution < -0.4 is 0 Å². The van der Waals surface area contributed by atoms with Gasteiger partial charge in [0.15, 0.2) is 0 Å². The number of esters is 1. The molecule has 0 bridgehead atoms. The van der Waals surface area contributed by atoms with E-state index in [9.17, 15) is 9.59 Å². The fraction of sp³-hybridized carbons (Fsp3) is 0.778. The van der Waals surface area contributed by atoms with Crippen LogP contribution in [0.2, 0.25) is 0 Å². The molecular weight excluding hydrogens is 170 g/mol. The number of nitrogens with zero attached hydrogens (tertiary/aromatic N) is 1. The summed E-state index contributed by atoms with van der Waals surface area (Å²) in [4.78, 5) is 23.9. The van der Waals surface area contributed by atoms with Crippen molar-refractivity contribution in [2.45, 2.75) is 13.3 Å². The number of ketones is 1. The van der Waals surface area contributed by atoms with Gasteiger partial charge < -0.3 is 4.74 Å². The van der Waals surface area contributed by atoms with Gasteiger partial charge in [0.25, 0.3) is 0 Å². The Bertz CT molecular complexity index is 215. The van der Waals surface area contributed by atoms with Gasteiger partial charge in [0.05, 0.1) is 19.6 Å². The number of rotatable bonds is 3. The topological polar surface area (TPSA) is 46.6 Å². The minimum absolute atomic E-state index is 0.0376. The molecule has 0 amide bonds. The minimum Gasteiger partial charge on any atom is -0.469 e. The molecule has 4 nitrogen and oxygen atoms in total. The van der Waals surface area contributed by atoms with Gasteiger partial charge in [0.1, 0.15) is 5.78 Å². The van der Waals surface area contributed by atoms with E-state index in [1.807, 2.05) is 4.90 Å². The second-order valence-electron chi connectivity index (χ2n) is 3.45. The lowest BCUT2D eigenvalue weighted by molar-refractivity contribution is -0.145. The Hall–Kier alpha value is -0.900. The fourth-order valence-corrected chi connectivity index (χ4v) is 1.65. The maximum Gasteiger partial charge on any atom is 0.310 e. The van der Waals surface area contributed by atoms with Crippen molar-refractivity contribution in [3.8, 4) is 0 Å². The second kappa shape index (κ2) is 4.37. The number of hydrogen-bond donors (Lipinski definition) is 0. The normalized spacial score (nSPS) is 23.1. The maximum absolute atomic E-state index is 11.1. The maximum atomic E-state index is 11.1. The molecule has 0 saturated carbocycles. The number of Topliss-reactive ketones (excluding diaryl/α,β-unsaturated/α-hetero) is 1. The summed E-state index contributed by atoms with van der Waals surface area (Å²) < 4.78 is 4.64. The third-order valence-corrected chi connectivity index (χ3v) is 2.25. The molecule has 0 spiro atoms. The monoisotopic (exact) mass is 185 g/mol. The molecule has 0 N–H and O–H groups in total. The minimum atomic E-state index is -0.161. The summed E-state index contributed by atoms with van der Waals surface area (Å²) in [6, 6.07) is 0. The third kappa shape index (κ3) is 2.81. The van der Waals surface area contributed by atoms with Crippen LogP contribution in [-0.2, 0) is 14.3 Å². The molecule has 0 aromatic rings. The Morgan fingerprint density at radius 3 is 2.77 bits per heavy atom. The molecule has 74 valence electrons. The van der Waals surface area contributed by atoms with E-state index in [1.54, 1.807) is 6.92 Å². The standard InChI is InChI=1S/C9H15NO3/c1-7(11)5-10-4-3-8(6-10)9(12)13-2/h8H,3-6H2,1-2H3. The van der Waals surface area contributed by atoms with Gasteiger partial charge >= 0.3 is 5.97 Å². The molecule has 1 unspecified atom stereocenters. The largest absolute Gasteiger partial charge is 0.469 e. The molecular formula is C9H15NO3. The Kier molecular flexibility index (Phi) is 3.42. The van der Waals surface area contributed by atoms with Crippen LogP contribution in [0.25, 0.3) is 0 Å². The van der Waals surface area contributed by atoms with E-state index >= 15 is 0 Å². The molecule has 1 fully saturated rings. The molecule has 0 aromatic carbocycles. The molecule has 0 radical (unpaired) electrons. The lowest BCUT2D eigenvalue weighted by atomic mass is 10.1. The van der Waals surface area contributed by atoms with Crippen molar-refractivity contribution in [3.63, 3.8) is 0 Å². The predicted molar refractivity (Wildman–Crippen MR) is 47.2 cm³/mol. The average molecular weight is 185 g/mol. The molecule has 13 heavy (non-hydrogen) atoms. The van der Waals surface area contributed by atoms with Crippen LogP contribution in [-0.4, -0.2) is 43.4 Å². The number of hydrogen-bond acceptors (Lipinski definition) is 4. The van der Waals surface area contributed by atoms with Gasteiger partial charge in [-0.15, -0.1) is 0 Å². The molecule has 1 saturated heterocycles.